The smallest absolute Gasteiger partial charge is 0.0790 e. The molecule has 0 aromatic heterocycles. The lowest BCUT2D eigenvalue weighted by atomic mass is 9.52. The molecule has 4 aliphatic carbocycles. The van der Waals surface area contributed by atoms with Crippen molar-refractivity contribution in [3.63, 3.8) is 0 Å². The number of hydrogen-bond donors (Lipinski definition) is 2. The molecule has 2 N–H and O–H groups in total. The maximum Gasteiger partial charge on any atom is 0.0790 e. The van der Waals surface area contributed by atoms with Gasteiger partial charge in [-0.3, -0.25) is 0 Å². The number of hydrogen-bond acceptors (Lipinski definition) is 3. The molecule has 4 aliphatic rings. The van der Waals surface area contributed by atoms with Crippen LogP contribution in [0.15, 0.2) is 23.3 Å². The molecule has 0 aromatic rings. The molecule has 128 valence electrons. The van der Waals surface area contributed by atoms with E-state index in [-0.39, 0.29) is 29.1 Å². The number of ether oxygens (including phenoxy) is 1. The third kappa shape index (κ3) is 2.06. The molecule has 4 rings (SSSR count). The molecule has 0 radical (unpaired) electrons. The molecule has 1 saturated carbocycles. The molecule has 23 heavy (non-hydrogen) atoms. The van der Waals surface area contributed by atoms with Gasteiger partial charge in [-0.1, -0.05) is 31.6 Å². The summed E-state index contributed by atoms with van der Waals surface area (Å²) in [5.74, 6) is 0.922. The summed E-state index contributed by atoms with van der Waals surface area (Å²) < 4.78 is 5.93. The van der Waals surface area contributed by atoms with Crippen LogP contribution in [-0.2, 0) is 4.74 Å². The number of methoxy groups -OCH3 is 1. The molecule has 0 amide bonds. The first-order valence-corrected chi connectivity index (χ1v) is 9.22. The van der Waals surface area contributed by atoms with E-state index in [2.05, 4.69) is 19.9 Å². The topological polar surface area (TPSA) is 49.7 Å². The average molecular weight is 318 g/mol. The Bertz CT molecular complexity index is 565. The lowest BCUT2D eigenvalue weighted by Gasteiger charge is -2.54. The number of fused-ring (bicyclic) bond motifs is 4. The van der Waals surface area contributed by atoms with E-state index in [1.807, 2.05) is 13.2 Å². The highest BCUT2D eigenvalue weighted by molar-refractivity contribution is 5.40. The van der Waals surface area contributed by atoms with Crippen molar-refractivity contribution in [1.82, 2.24) is 0 Å². The third-order valence-electron chi connectivity index (χ3n) is 7.74. The second-order valence-electron chi connectivity index (χ2n) is 8.69. The van der Waals surface area contributed by atoms with Crippen molar-refractivity contribution >= 4 is 0 Å². The van der Waals surface area contributed by atoms with E-state index >= 15 is 0 Å². The minimum absolute atomic E-state index is 0.0245. The van der Waals surface area contributed by atoms with E-state index in [4.69, 9.17) is 4.74 Å². The van der Waals surface area contributed by atoms with Gasteiger partial charge in [0.25, 0.3) is 0 Å². The van der Waals surface area contributed by atoms with Gasteiger partial charge < -0.3 is 14.9 Å². The van der Waals surface area contributed by atoms with Crippen LogP contribution in [-0.4, -0.2) is 35.6 Å². The molecule has 0 spiro atoms. The van der Waals surface area contributed by atoms with E-state index < -0.39 is 0 Å². The standard InChI is InChI=1S/C20H30O3/c1-19-8-6-13(21)10-12(19)11-16(23-3)18-14-4-5-17(22)20(14,2)9-7-15(18)19/h6,8,12-14,16-17,21-22H,4-5,7,9-11H2,1-3H3/t12-,13-,14-,16-,17-,19-,20-/m0/s1. The fraction of sp³-hybridized carbons (Fsp3) is 0.800. The summed E-state index contributed by atoms with van der Waals surface area (Å²) >= 11 is 0. The lowest BCUT2D eigenvalue weighted by molar-refractivity contribution is -0.00361. The van der Waals surface area contributed by atoms with Crippen LogP contribution in [0.3, 0.4) is 0 Å². The Hall–Kier alpha value is -0.640. The molecule has 3 heteroatoms. The fourth-order valence-electron chi connectivity index (χ4n) is 6.17. The minimum Gasteiger partial charge on any atom is -0.393 e. The molecule has 1 fully saturated rings. The second-order valence-corrected chi connectivity index (χ2v) is 8.69. The van der Waals surface area contributed by atoms with Gasteiger partial charge in [0.2, 0.25) is 0 Å². The predicted octanol–water partition coefficient (Wildman–Crippen LogP) is 3.22. The fourth-order valence-corrected chi connectivity index (χ4v) is 6.17. The molecule has 0 aromatic carbocycles. The Balaban J connectivity index is 1.84. The van der Waals surface area contributed by atoms with Gasteiger partial charge in [0.15, 0.2) is 0 Å². The average Bonchev–Trinajstić information content (AvgIpc) is 2.83. The Morgan fingerprint density at radius 1 is 1.17 bits per heavy atom. The first-order chi connectivity index (χ1) is 10.9. The van der Waals surface area contributed by atoms with Crippen LogP contribution in [0.5, 0.6) is 0 Å². The maximum atomic E-state index is 10.6. The van der Waals surface area contributed by atoms with Gasteiger partial charge in [-0.2, -0.15) is 0 Å². The largest absolute Gasteiger partial charge is 0.393 e. The summed E-state index contributed by atoms with van der Waals surface area (Å²) in [4.78, 5) is 0. The molecular formula is C20H30O3. The zero-order chi connectivity index (χ0) is 16.4. The van der Waals surface area contributed by atoms with E-state index in [0.29, 0.717) is 11.8 Å². The van der Waals surface area contributed by atoms with Gasteiger partial charge in [0.1, 0.15) is 0 Å². The van der Waals surface area contributed by atoms with E-state index in [1.54, 1.807) is 5.57 Å². The van der Waals surface area contributed by atoms with Crippen molar-refractivity contribution in [1.29, 1.82) is 0 Å². The first kappa shape index (κ1) is 15.9. The molecule has 0 bridgehead atoms. The summed E-state index contributed by atoms with van der Waals surface area (Å²) in [7, 11) is 1.82. The van der Waals surface area contributed by atoms with Crippen LogP contribution in [0.1, 0.15) is 52.4 Å². The summed E-state index contributed by atoms with van der Waals surface area (Å²) in [5.41, 5.74) is 3.15. The molecule has 7 atom stereocenters. The van der Waals surface area contributed by atoms with Crippen LogP contribution in [0, 0.1) is 22.7 Å². The van der Waals surface area contributed by atoms with Gasteiger partial charge in [-0.15, -0.1) is 0 Å². The predicted molar refractivity (Wildman–Crippen MR) is 89.9 cm³/mol. The van der Waals surface area contributed by atoms with E-state index in [9.17, 15) is 10.2 Å². The van der Waals surface area contributed by atoms with Crippen molar-refractivity contribution < 1.29 is 14.9 Å². The molecule has 0 aliphatic heterocycles. The monoisotopic (exact) mass is 318 g/mol. The quantitative estimate of drug-likeness (QED) is 0.730. The third-order valence-corrected chi connectivity index (χ3v) is 7.74. The van der Waals surface area contributed by atoms with Crippen molar-refractivity contribution in [3.8, 4) is 0 Å². The normalized spacial score (nSPS) is 52.1. The van der Waals surface area contributed by atoms with Gasteiger partial charge in [0, 0.05) is 17.9 Å². The van der Waals surface area contributed by atoms with Crippen LogP contribution >= 0.6 is 0 Å². The summed E-state index contributed by atoms with van der Waals surface area (Å²) in [5, 5.41) is 20.6. The van der Waals surface area contributed by atoms with Gasteiger partial charge in [-0.25, -0.2) is 0 Å². The highest BCUT2D eigenvalue weighted by Crippen LogP contribution is 2.62. The zero-order valence-corrected chi connectivity index (χ0v) is 14.6. The SMILES string of the molecule is CO[C@H]1C[C@@H]2C[C@@H](O)C=C[C@]2(C)C2=C1[C@@H]1CC[C@H](O)[C@@]1(C)CC2. The van der Waals surface area contributed by atoms with Crippen LogP contribution in [0.25, 0.3) is 0 Å². The van der Waals surface area contributed by atoms with Gasteiger partial charge >= 0.3 is 0 Å². The van der Waals surface area contributed by atoms with Gasteiger partial charge in [-0.05, 0) is 55.9 Å². The molecule has 3 nitrogen and oxygen atoms in total. The van der Waals surface area contributed by atoms with Crippen LogP contribution in [0.4, 0.5) is 0 Å². The van der Waals surface area contributed by atoms with Crippen molar-refractivity contribution in [2.24, 2.45) is 22.7 Å². The zero-order valence-electron chi connectivity index (χ0n) is 14.6. The number of allylic oxidation sites excluding steroid dienone is 2. The maximum absolute atomic E-state index is 10.6. The van der Waals surface area contributed by atoms with Crippen molar-refractivity contribution in [2.75, 3.05) is 7.11 Å². The molecule has 0 saturated heterocycles. The first-order valence-electron chi connectivity index (χ1n) is 9.22. The highest BCUT2D eigenvalue weighted by Gasteiger charge is 2.56. The minimum atomic E-state index is -0.310. The van der Waals surface area contributed by atoms with Crippen LogP contribution < -0.4 is 0 Å². The van der Waals surface area contributed by atoms with Gasteiger partial charge in [0.05, 0.1) is 18.3 Å². The highest BCUT2D eigenvalue weighted by atomic mass is 16.5. The summed E-state index contributed by atoms with van der Waals surface area (Å²) in [6, 6.07) is 0. The summed E-state index contributed by atoms with van der Waals surface area (Å²) in [6.07, 6.45) is 9.92. The second kappa shape index (κ2) is 5.18. The van der Waals surface area contributed by atoms with Crippen LogP contribution in [0.2, 0.25) is 0 Å². The van der Waals surface area contributed by atoms with E-state index in [1.165, 1.54) is 5.57 Å². The van der Waals surface area contributed by atoms with E-state index in [0.717, 1.165) is 38.5 Å². The Morgan fingerprint density at radius 2 is 1.96 bits per heavy atom. The number of rotatable bonds is 1. The number of aliphatic hydroxyl groups excluding tert-OH is 2. The number of aliphatic hydroxyl groups is 2. The van der Waals surface area contributed by atoms with Crippen molar-refractivity contribution in [2.45, 2.75) is 70.7 Å². The molecular weight excluding hydrogens is 288 g/mol. The Morgan fingerprint density at radius 3 is 2.70 bits per heavy atom. The summed E-state index contributed by atoms with van der Waals surface area (Å²) in [6.45, 7) is 4.63. The Labute approximate surface area is 139 Å². The molecule has 0 heterocycles. The Kier molecular flexibility index (Phi) is 3.57. The molecule has 0 unspecified atom stereocenters. The lowest BCUT2D eigenvalue weighted by Crippen LogP contribution is -2.48. The van der Waals surface area contributed by atoms with Crippen molar-refractivity contribution in [3.05, 3.63) is 23.3 Å².